The Morgan fingerprint density at radius 1 is 0.556 bits per heavy atom. The predicted octanol–water partition coefficient (Wildman–Crippen LogP) is 3.14. The molecule has 6 saturated carbocycles. The van der Waals surface area contributed by atoms with Crippen molar-refractivity contribution < 1.29 is 0 Å². The maximum absolute atomic E-state index is 4.81. The molecule has 2 heteroatoms. The first-order valence-electron chi connectivity index (χ1n) is 8.07. The van der Waals surface area contributed by atoms with Gasteiger partial charge in [-0.05, 0) is 62.2 Å². The number of fused-ring (bicyclic) bond motifs is 10. The van der Waals surface area contributed by atoms with E-state index in [4.69, 9.17) is 10.2 Å². The molecule has 18 heavy (non-hydrogen) atoms. The molecule has 6 fully saturated rings. The molecule has 0 aromatic carbocycles. The van der Waals surface area contributed by atoms with E-state index < -0.39 is 0 Å². The molecule has 0 N–H and O–H groups in total. The Bertz CT molecular complexity index is 423. The van der Waals surface area contributed by atoms with E-state index in [9.17, 15) is 0 Å². The van der Waals surface area contributed by atoms with Gasteiger partial charge in [0, 0.05) is 35.1 Å². The molecule has 8 unspecified atom stereocenters. The van der Waals surface area contributed by atoms with E-state index in [1.54, 1.807) is 0 Å². The Labute approximate surface area is 108 Å². The standard InChI is InChI=1S/C16H20N2/c1-2-8-12-5-11(12)7(1)15(8)17-18-16-9-3-4-10(16)14-6-13(9)14/h7-14H,1-6H2. The first-order chi connectivity index (χ1) is 8.92. The monoisotopic (exact) mass is 240 g/mol. The van der Waals surface area contributed by atoms with Crippen LogP contribution < -0.4 is 0 Å². The van der Waals surface area contributed by atoms with Crippen molar-refractivity contribution in [2.45, 2.75) is 38.5 Å². The molecule has 0 aromatic rings. The molecular formula is C16H20N2. The van der Waals surface area contributed by atoms with Crippen LogP contribution in [0.15, 0.2) is 10.2 Å². The second-order valence-electron chi connectivity index (χ2n) is 7.76. The third-order valence-electron chi connectivity index (χ3n) is 7.23. The second-order valence-corrected chi connectivity index (χ2v) is 7.76. The summed E-state index contributed by atoms with van der Waals surface area (Å²) in [5.74, 6) is 7.59. The summed E-state index contributed by atoms with van der Waals surface area (Å²) in [6, 6.07) is 0. The first kappa shape index (κ1) is 9.28. The van der Waals surface area contributed by atoms with Gasteiger partial charge in [0.1, 0.15) is 0 Å². The van der Waals surface area contributed by atoms with E-state index in [-0.39, 0.29) is 0 Å². The molecule has 2 nitrogen and oxygen atoms in total. The smallest absolute Gasteiger partial charge is 0.0473 e. The Hall–Kier alpha value is -0.660. The van der Waals surface area contributed by atoms with E-state index >= 15 is 0 Å². The summed E-state index contributed by atoms with van der Waals surface area (Å²) in [6.07, 6.45) is 8.73. The fourth-order valence-electron chi connectivity index (χ4n) is 6.33. The third kappa shape index (κ3) is 0.927. The molecule has 0 radical (unpaired) electrons. The second kappa shape index (κ2) is 2.76. The van der Waals surface area contributed by atoms with E-state index in [1.807, 2.05) is 0 Å². The molecule has 0 aliphatic heterocycles. The number of hydrogen-bond acceptors (Lipinski definition) is 2. The minimum atomic E-state index is 0.859. The van der Waals surface area contributed by atoms with Crippen LogP contribution in [0.25, 0.3) is 0 Å². The Balaban J connectivity index is 1.35. The van der Waals surface area contributed by atoms with Gasteiger partial charge in [-0.2, -0.15) is 10.2 Å². The van der Waals surface area contributed by atoms with Crippen LogP contribution in [0.4, 0.5) is 0 Å². The molecule has 6 aliphatic rings. The van der Waals surface area contributed by atoms with E-state index in [0.717, 1.165) is 47.3 Å². The molecule has 4 bridgehead atoms. The normalized spacial score (nSPS) is 60.9. The zero-order chi connectivity index (χ0) is 11.4. The fraction of sp³-hybridized carbons (Fsp3) is 0.875. The van der Waals surface area contributed by atoms with Gasteiger partial charge in [0.15, 0.2) is 0 Å². The number of hydrogen-bond donors (Lipinski definition) is 0. The molecule has 0 spiro atoms. The highest BCUT2D eigenvalue weighted by molar-refractivity contribution is 5.98. The lowest BCUT2D eigenvalue weighted by Gasteiger charge is -2.08. The summed E-state index contributed by atoms with van der Waals surface area (Å²) in [7, 11) is 0. The molecule has 0 aromatic heterocycles. The number of rotatable bonds is 1. The van der Waals surface area contributed by atoms with Gasteiger partial charge in [0.25, 0.3) is 0 Å². The van der Waals surface area contributed by atoms with Crippen LogP contribution in [0.5, 0.6) is 0 Å². The lowest BCUT2D eigenvalue weighted by atomic mass is 10.0. The molecule has 94 valence electrons. The molecular weight excluding hydrogens is 220 g/mol. The van der Waals surface area contributed by atoms with Gasteiger partial charge in [-0.3, -0.25) is 0 Å². The molecule has 0 heterocycles. The van der Waals surface area contributed by atoms with Gasteiger partial charge >= 0.3 is 0 Å². The lowest BCUT2D eigenvalue weighted by Crippen LogP contribution is -2.12. The Morgan fingerprint density at radius 2 is 0.889 bits per heavy atom. The van der Waals surface area contributed by atoms with E-state index in [1.165, 1.54) is 49.9 Å². The van der Waals surface area contributed by atoms with E-state index in [0.29, 0.717) is 0 Å². The van der Waals surface area contributed by atoms with Crippen LogP contribution >= 0.6 is 0 Å². The van der Waals surface area contributed by atoms with E-state index in [2.05, 4.69) is 0 Å². The first-order valence-corrected chi connectivity index (χ1v) is 8.07. The van der Waals surface area contributed by atoms with Crippen molar-refractivity contribution >= 4 is 11.4 Å². The number of nitrogens with zero attached hydrogens (tertiary/aromatic N) is 2. The SMILES string of the molecule is C1CC2C(=NN=C3C4CCC3C3CC43)C1C1CC21. The fourth-order valence-corrected chi connectivity index (χ4v) is 6.33. The summed E-state index contributed by atoms with van der Waals surface area (Å²) < 4.78 is 0. The highest BCUT2D eigenvalue weighted by Crippen LogP contribution is 2.65. The van der Waals surface area contributed by atoms with Crippen LogP contribution in [-0.2, 0) is 0 Å². The van der Waals surface area contributed by atoms with Crippen LogP contribution in [0.3, 0.4) is 0 Å². The van der Waals surface area contributed by atoms with Crippen LogP contribution in [0.1, 0.15) is 38.5 Å². The maximum Gasteiger partial charge on any atom is 0.0473 e. The topological polar surface area (TPSA) is 24.7 Å². The molecule has 0 amide bonds. The Morgan fingerprint density at radius 3 is 1.22 bits per heavy atom. The van der Waals surface area contributed by atoms with Crippen molar-refractivity contribution in [1.82, 2.24) is 0 Å². The van der Waals surface area contributed by atoms with Gasteiger partial charge in [0.05, 0.1) is 0 Å². The van der Waals surface area contributed by atoms with Crippen molar-refractivity contribution in [2.75, 3.05) is 0 Å². The molecule has 6 rings (SSSR count). The largest absolute Gasteiger partial charge is 0.160 e. The van der Waals surface area contributed by atoms with Crippen LogP contribution in [0, 0.1) is 47.3 Å². The summed E-state index contributed by atoms with van der Waals surface area (Å²) in [5.41, 5.74) is 3.06. The highest BCUT2D eigenvalue weighted by Gasteiger charge is 2.62. The van der Waals surface area contributed by atoms with Gasteiger partial charge in [-0.25, -0.2) is 0 Å². The average Bonchev–Trinajstić information content (AvgIpc) is 3.26. The zero-order valence-corrected chi connectivity index (χ0v) is 10.8. The molecule has 0 saturated heterocycles. The van der Waals surface area contributed by atoms with Gasteiger partial charge in [-0.15, -0.1) is 0 Å². The lowest BCUT2D eigenvalue weighted by molar-refractivity contribution is 0.456. The molecule has 6 aliphatic carbocycles. The minimum absolute atomic E-state index is 0.859. The zero-order valence-electron chi connectivity index (χ0n) is 10.8. The van der Waals surface area contributed by atoms with Gasteiger partial charge in [-0.1, -0.05) is 0 Å². The van der Waals surface area contributed by atoms with Crippen molar-refractivity contribution in [3.8, 4) is 0 Å². The van der Waals surface area contributed by atoms with Gasteiger partial charge in [0.2, 0.25) is 0 Å². The van der Waals surface area contributed by atoms with Crippen molar-refractivity contribution in [3.63, 3.8) is 0 Å². The van der Waals surface area contributed by atoms with Crippen molar-refractivity contribution in [3.05, 3.63) is 0 Å². The summed E-state index contributed by atoms with van der Waals surface area (Å²) >= 11 is 0. The molecule has 8 atom stereocenters. The highest BCUT2D eigenvalue weighted by atomic mass is 15.2. The average molecular weight is 240 g/mol. The summed E-state index contributed by atoms with van der Waals surface area (Å²) in [5, 5.41) is 9.62. The van der Waals surface area contributed by atoms with Crippen LogP contribution in [-0.4, -0.2) is 11.4 Å². The predicted molar refractivity (Wildman–Crippen MR) is 70.5 cm³/mol. The van der Waals surface area contributed by atoms with Crippen molar-refractivity contribution in [1.29, 1.82) is 0 Å². The van der Waals surface area contributed by atoms with Gasteiger partial charge < -0.3 is 0 Å². The van der Waals surface area contributed by atoms with Crippen molar-refractivity contribution in [2.24, 2.45) is 57.5 Å². The summed E-state index contributed by atoms with van der Waals surface area (Å²) in [4.78, 5) is 0. The Kier molecular flexibility index (Phi) is 1.42. The summed E-state index contributed by atoms with van der Waals surface area (Å²) in [6.45, 7) is 0. The maximum atomic E-state index is 4.81. The van der Waals surface area contributed by atoms with Crippen LogP contribution in [0.2, 0.25) is 0 Å². The quantitative estimate of drug-likeness (QED) is 0.629. The third-order valence-corrected chi connectivity index (χ3v) is 7.23. The minimum Gasteiger partial charge on any atom is -0.160 e.